The molecule has 0 aromatic heterocycles. The molecular formula is C12H12BrFO5S. The molecule has 1 aromatic carbocycles. The molecule has 0 saturated heterocycles. The predicted molar refractivity (Wildman–Crippen MR) is 72.9 cm³/mol. The minimum absolute atomic E-state index is 0.235. The third kappa shape index (κ3) is 3.50. The summed E-state index contributed by atoms with van der Waals surface area (Å²) in [6, 6.07) is 5.64. The summed E-state index contributed by atoms with van der Waals surface area (Å²) < 4.78 is 50.5. The Morgan fingerprint density at radius 1 is 1.35 bits per heavy atom. The lowest BCUT2D eigenvalue weighted by Gasteiger charge is -2.26. The van der Waals surface area contributed by atoms with Crippen molar-refractivity contribution in [3.8, 4) is 0 Å². The van der Waals surface area contributed by atoms with Gasteiger partial charge < -0.3 is 9.47 Å². The van der Waals surface area contributed by atoms with Gasteiger partial charge >= 0.3 is 0 Å². The highest BCUT2D eigenvalue weighted by molar-refractivity contribution is 9.09. The predicted octanol–water partition coefficient (Wildman–Crippen LogP) is 2.24. The number of alkyl halides is 1. The van der Waals surface area contributed by atoms with E-state index in [0.717, 1.165) is 6.26 Å². The van der Waals surface area contributed by atoms with Crippen LogP contribution in [-0.2, 0) is 29.6 Å². The molecule has 0 aliphatic carbocycles. The summed E-state index contributed by atoms with van der Waals surface area (Å²) in [7, 11) is -3.56. The Hall–Kier alpha value is -1.12. The minimum atomic E-state index is -3.56. The minimum Gasteiger partial charge on any atom is -0.452 e. The van der Waals surface area contributed by atoms with Gasteiger partial charge in [0.25, 0.3) is 15.9 Å². The number of ether oxygens (including phenoxy) is 2. The standard InChI is InChI=1S/C12H12BrFO5S/c1-20(15,16)18-7-11-6-17-12(8-13,19-11)9-2-4-10(14)5-3-9/h2-6H,7-8H2,1H3. The van der Waals surface area contributed by atoms with Crippen LogP contribution in [0.15, 0.2) is 36.3 Å². The van der Waals surface area contributed by atoms with Crippen molar-refractivity contribution in [2.75, 3.05) is 18.2 Å². The zero-order valence-corrected chi connectivity index (χ0v) is 12.9. The van der Waals surface area contributed by atoms with E-state index >= 15 is 0 Å². The fourth-order valence-corrected chi connectivity index (χ4v) is 2.52. The molecule has 110 valence electrons. The molecule has 0 bridgehead atoms. The fourth-order valence-electron chi connectivity index (χ4n) is 1.62. The monoisotopic (exact) mass is 366 g/mol. The van der Waals surface area contributed by atoms with E-state index in [-0.39, 0.29) is 23.5 Å². The topological polar surface area (TPSA) is 61.8 Å². The summed E-state index contributed by atoms with van der Waals surface area (Å²) in [6.45, 7) is -0.255. The SMILES string of the molecule is CS(=O)(=O)OCC1=COC(CBr)(c2ccc(F)cc2)O1. The molecule has 1 atom stereocenters. The fraction of sp³-hybridized carbons (Fsp3) is 0.333. The Labute approximate surface area is 124 Å². The van der Waals surface area contributed by atoms with Gasteiger partial charge in [-0.15, -0.1) is 0 Å². The largest absolute Gasteiger partial charge is 0.452 e. The van der Waals surface area contributed by atoms with E-state index in [1.165, 1.54) is 30.5 Å². The van der Waals surface area contributed by atoms with Gasteiger partial charge in [-0.1, -0.05) is 15.9 Å². The molecule has 2 rings (SSSR count). The van der Waals surface area contributed by atoms with Crippen LogP contribution in [0.4, 0.5) is 4.39 Å². The normalized spacial score (nSPS) is 22.1. The number of hydrogen-bond acceptors (Lipinski definition) is 5. The van der Waals surface area contributed by atoms with Crippen molar-refractivity contribution in [1.29, 1.82) is 0 Å². The van der Waals surface area contributed by atoms with Crippen LogP contribution in [0.5, 0.6) is 0 Å². The molecule has 8 heteroatoms. The molecular weight excluding hydrogens is 355 g/mol. The highest BCUT2D eigenvalue weighted by atomic mass is 79.9. The smallest absolute Gasteiger partial charge is 0.286 e. The Bertz CT molecular complexity index is 613. The maximum absolute atomic E-state index is 12.9. The second kappa shape index (κ2) is 5.71. The Kier molecular flexibility index (Phi) is 4.36. The van der Waals surface area contributed by atoms with E-state index in [1.807, 2.05) is 0 Å². The van der Waals surface area contributed by atoms with Crippen molar-refractivity contribution in [1.82, 2.24) is 0 Å². The third-order valence-corrected chi connectivity index (χ3v) is 3.84. The van der Waals surface area contributed by atoms with Gasteiger partial charge in [-0.3, -0.25) is 4.18 Å². The lowest BCUT2D eigenvalue weighted by molar-refractivity contribution is -0.137. The van der Waals surface area contributed by atoms with Gasteiger partial charge in [-0.25, -0.2) is 4.39 Å². The summed E-state index contributed by atoms with van der Waals surface area (Å²) in [4.78, 5) is 0. The second-order valence-corrected chi connectivity index (χ2v) is 6.37. The summed E-state index contributed by atoms with van der Waals surface area (Å²) >= 11 is 3.27. The van der Waals surface area contributed by atoms with Crippen molar-refractivity contribution < 1.29 is 26.5 Å². The lowest BCUT2D eigenvalue weighted by atomic mass is 10.1. The quantitative estimate of drug-likeness (QED) is 0.590. The van der Waals surface area contributed by atoms with Crippen molar-refractivity contribution in [3.05, 3.63) is 47.7 Å². The van der Waals surface area contributed by atoms with Gasteiger partial charge in [-0.2, -0.15) is 8.42 Å². The van der Waals surface area contributed by atoms with Crippen LogP contribution >= 0.6 is 15.9 Å². The number of hydrogen-bond donors (Lipinski definition) is 0. The van der Waals surface area contributed by atoms with Crippen LogP contribution in [0.2, 0.25) is 0 Å². The lowest BCUT2D eigenvalue weighted by Crippen LogP contribution is -2.30. The van der Waals surface area contributed by atoms with Crippen molar-refractivity contribution in [2.45, 2.75) is 5.79 Å². The van der Waals surface area contributed by atoms with E-state index in [0.29, 0.717) is 5.56 Å². The zero-order valence-electron chi connectivity index (χ0n) is 10.5. The van der Waals surface area contributed by atoms with Crippen LogP contribution in [-0.4, -0.2) is 26.6 Å². The van der Waals surface area contributed by atoms with Crippen LogP contribution in [0.1, 0.15) is 5.56 Å². The molecule has 1 aliphatic rings. The summed E-state index contributed by atoms with van der Waals surface area (Å²) in [5.41, 5.74) is 0.599. The molecule has 5 nitrogen and oxygen atoms in total. The third-order valence-electron chi connectivity index (χ3n) is 2.55. The van der Waals surface area contributed by atoms with Crippen LogP contribution in [0.3, 0.4) is 0 Å². The van der Waals surface area contributed by atoms with Gasteiger partial charge in [-0.05, 0) is 24.3 Å². The van der Waals surface area contributed by atoms with Gasteiger partial charge in [0.05, 0.1) is 11.6 Å². The van der Waals surface area contributed by atoms with Gasteiger partial charge in [0.15, 0.2) is 5.76 Å². The molecule has 1 heterocycles. The molecule has 1 unspecified atom stereocenters. The van der Waals surface area contributed by atoms with E-state index in [9.17, 15) is 12.8 Å². The first-order valence-electron chi connectivity index (χ1n) is 5.57. The van der Waals surface area contributed by atoms with E-state index < -0.39 is 15.9 Å². The number of rotatable bonds is 5. The maximum atomic E-state index is 12.9. The summed E-state index contributed by atoms with van der Waals surface area (Å²) in [6.07, 6.45) is 2.23. The van der Waals surface area contributed by atoms with Crippen LogP contribution in [0, 0.1) is 5.82 Å². The molecule has 1 aromatic rings. The molecule has 0 radical (unpaired) electrons. The molecule has 0 fully saturated rings. The first-order chi connectivity index (χ1) is 9.35. The molecule has 0 N–H and O–H groups in total. The van der Waals surface area contributed by atoms with E-state index in [2.05, 4.69) is 20.1 Å². The average Bonchev–Trinajstić information content (AvgIpc) is 2.81. The molecule has 0 saturated carbocycles. The molecule has 0 spiro atoms. The average molecular weight is 367 g/mol. The van der Waals surface area contributed by atoms with Crippen molar-refractivity contribution in [2.24, 2.45) is 0 Å². The van der Waals surface area contributed by atoms with Crippen molar-refractivity contribution in [3.63, 3.8) is 0 Å². The first-order valence-corrected chi connectivity index (χ1v) is 8.51. The van der Waals surface area contributed by atoms with E-state index in [1.54, 1.807) is 0 Å². The van der Waals surface area contributed by atoms with Gasteiger partial charge in [0, 0.05) is 5.56 Å². The molecule has 1 aliphatic heterocycles. The van der Waals surface area contributed by atoms with Gasteiger partial charge in [0.2, 0.25) is 0 Å². The van der Waals surface area contributed by atoms with Crippen molar-refractivity contribution >= 4 is 26.0 Å². The highest BCUT2D eigenvalue weighted by Gasteiger charge is 2.40. The first kappa shape index (κ1) is 15.3. The molecule has 20 heavy (non-hydrogen) atoms. The number of benzene rings is 1. The Balaban J connectivity index is 2.11. The summed E-state index contributed by atoms with van der Waals surface area (Å²) in [5, 5.41) is 0.282. The highest BCUT2D eigenvalue weighted by Crippen LogP contribution is 2.37. The van der Waals surface area contributed by atoms with Gasteiger partial charge in [0.1, 0.15) is 18.7 Å². The zero-order chi connectivity index (χ0) is 14.8. The Morgan fingerprint density at radius 3 is 2.55 bits per heavy atom. The Morgan fingerprint density at radius 2 is 2.00 bits per heavy atom. The van der Waals surface area contributed by atoms with Crippen LogP contribution in [0.25, 0.3) is 0 Å². The van der Waals surface area contributed by atoms with E-state index in [4.69, 9.17) is 9.47 Å². The summed E-state index contributed by atoms with van der Waals surface area (Å²) in [5.74, 6) is -1.28. The maximum Gasteiger partial charge on any atom is 0.286 e. The second-order valence-electron chi connectivity index (χ2n) is 4.16. The number of halogens is 2. The molecule has 0 amide bonds. The van der Waals surface area contributed by atoms with Crippen LogP contribution < -0.4 is 0 Å².